The summed E-state index contributed by atoms with van der Waals surface area (Å²) in [6.45, 7) is 2.32. The van der Waals surface area contributed by atoms with Crippen molar-refractivity contribution in [3.05, 3.63) is 18.2 Å². The van der Waals surface area contributed by atoms with Gasteiger partial charge in [-0.25, -0.2) is 4.98 Å². The number of rotatable bonds is 8. The van der Waals surface area contributed by atoms with Gasteiger partial charge in [0.25, 0.3) is 0 Å². The van der Waals surface area contributed by atoms with Crippen LogP contribution in [0.25, 0.3) is 0 Å². The third-order valence-corrected chi connectivity index (χ3v) is 3.29. The molecule has 1 heterocycles. The highest BCUT2D eigenvalue weighted by Crippen LogP contribution is 2.35. The van der Waals surface area contributed by atoms with Gasteiger partial charge < -0.3 is 14.6 Å². The maximum absolute atomic E-state index is 10.9. The van der Waals surface area contributed by atoms with Crippen molar-refractivity contribution in [3.8, 4) is 0 Å². The minimum Gasteiger partial charge on any atom is -0.480 e. The second-order valence-electron chi connectivity index (χ2n) is 5.43. The zero-order valence-electron chi connectivity index (χ0n) is 11.6. The van der Waals surface area contributed by atoms with E-state index in [1.807, 2.05) is 31.5 Å². The molecule has 1 fully saturated rings. The zero-order chi connectivity index (χ0) is 13.8. The molecular weight excluding hydrogens is 244 g/mol. The van der Waals surface area contributed by atoms with Crippen LogP contribution in [0.1, 0.15) is 24.6 Å². The van der Waals surface area contributed by atoms with Gasteiger partial charge >= 0.3 is 5.97 Å². The summed E-state index contributed by atoms with van der Waals surface area (Å²) in [5.74, 6) is -0.781. The summed E-state index contributed by atoms with van der Waals surface area (Å²) in [4.78, 5) is 19.1. The van der Waals surface area contributed by atoms with Gasteiger partial charge in [0.15, 0.2) is 0 Å². The summed E-state index contributed by atoms with van der Waals surface area (Å²) >= 11 is 0. The van der Waals surface area contributed by atoms with Crippen LogP contribution >= 0.6 is 0 Å². The fourth-order valence-electron chi connectivity index (χ4n) is 2.11. The molecule has 0 aliphatic heterocycles. The first-order valence-electron chi connectivity index (χ1n) is 6.66. The lowest BCUT2D eigenvalue weighted by atomic mass is 10.3. The summed E-state index contributed by atoms with van der Waals surface area (Å²) < 4.78 is 2.19. The van der Waals surface area contributed by atoms with Crippen molar-refractivity contribution in [2.75, 3.05) is 33.7 Å². The Kier molecular flexibility index (Phi) is 4.55. The summed E-state index contributed by atoms with van der Waals surface area (Å²) in [6, 6.07) is 0.582. The van der Waals surface area contributed by atoms with E-state index in [0.29, 0.717) is 12.6 Å². The fourth-order valence-corrected chi connectivity index (χ4v) is 2.11. The monoisotopic (exact) mass is 266 g/mol. The minimum absolute atomic E-state index is 0.0731. The maximum Gasteiger partial charge on any atom is 0.317 e. The van der Waals surface area contributed by atoms with Crippen LogP contribution in [0.3, 0.4) is 0 Å². The Balaban J connectivity index is 1.97. The third-order valence-electron chi connectivity index (χ3n) is 3.29. The smallest absolute Gasteiger partial charge is 0.317 e. The molecular formula is C13H22N4O2. The minimum atomic E-state index is -0.781. The SMILES string of the molecule is CN(C)CCN(CC(=O)O)Cc1cncn1C1CC1. The van der Waals surface area contributed by atoms with Gasteiger partial charge in [-0.2, -0.15) is 0 Å². The zero-order valence-corrected chi connectivity index (χ0v) is 11.6. The van der Waals surface area contributed by atoms with Crippen LogP contribution in [0.2, 0.25) is 0 Å². The molecule has 0 bridgehead atoms. The second kappa shape index (κ2) is 6.16. The van der Waals surface area contributed by atoms with Gasteiger partial charge in [0.05, 0.1) is 18.6 Å². The van der Waals surface area contributed by atoms with Crippen molar-refractivity contribution >= 4 is 5.97 Å². The fraction of sp³-hybridized carbons (Fsp3) is 0.692. The van der Waals surface area contributed by atoms with Crippen molar-refractivity contribution in [2.45, 2.75) is 25.4 Å². The Bertz CT molecular complexity index is 426. The Morgan fingerprint density at radius 1 is 1.47 bits per heavy atom. The Morgan fingerprint density at radius 2 is 2.21 bits per heavy atom. The maximum atomic E-state index is 10.9. The van der Waals surface area contributed by atoms with Crippen molar-refractivity contribution < 1.29 is 9.90 Å². The van der Waals surface area contributed by atoms with Gasteiger partial charge in [-0.05, 0) is 26.9 Å². The lowest BCUT2D eigenvalue weighted by Crippen LogP contribution is -2.35. The van der Waals surface area contributed by atoms with Gasteiger partial charge in [-0.1, -0.05) is 0 Å². The summed E-state index contributed by atoms with van der Waals surface area (Å²) in [5.41, 5.74) is 1.11. The standard InChI is InChI=1S/C13H22N4O2/c1-15(2)5-6-16(9-13(18)19)8-12-7-14-10-17(12)11-3-4-11/h7,10-11H,3-6,8-9H2,1-2H3,(H,18,19). The third kappa shape index (κ3) is 4.33. The van der Waals surface area contributed by atoms with Gasteiger partial charge in [-0.3, -0.25) is 9.69 Å². The number of aromatic nitrogens is 2. The van der Waals surface area contributed by atoms with Crippen molar-refractivity contribution in [1.82, 2.24) is 19.4 Å². The first kappa shape index (κ1) is 14.0. The molecule has 1 aromatic heterocycles. The molecule has 0 spiro atoms. The van der Waals surface area contributed by atoms with E-state index in [4.69, 9.17) is 5.11 Å². The van der Waals surface area contributed by atoms with Crippen LogP contribution < -0.4 is 0 Å². The number of aliphatic carboxylic acids is 1. The van der Waals surface area contributed by atoms with Gasteiger partial charge in [0.1, 0.15) is 0 Å². The molecule has 0 atom stereocenters. The predicted molar refractivity (Wildman–Crippen MR) is 72.0 cm³/mol. The number of likely N-dealkylation sites (N-methyl/N-ethyl adjacent to an activating group) is 1. The molecule has 19 heavy (non-hydrogen) atoms. The number of imidazole rings is 1. The van der Waals surface area contributed by atoms with Crippen molar-refractivity contribution in [1.29, 1.82) is 0 Å². The van der Waals surface area contributed by atoms with E-state index in [1.165, 1.54) is 12.8 Å². The summed E-state index contributed by atoms with van der Waals surface area (Å²) in [7, 11) is 3.99. The lowest BCUT2D eigenvalue weighted by Gasteiger charge is -2.22. The number of carboxylic acids is 1. The van der Waals surface area contributed by atoms with E-state index in [9.17, 15) is 4.79 Å². The van der Waals surface area contributed by atoms with E-state index >= 15 is 0 Å². The number of nitrogens with zero attached hydrogens (tertiary/aromatic N) is 4. The molecule has 1 saturated carbocycles. The highest BCUT2D eigenvalue weighted by molar-refractivity contribution is 5.69. The van der Waals surface area contributed by atoms with Crippen LogP contribution in [0.4, 0.5) is 0 Å². The molecule has 6 heteroatoms. The van der Waals surface area contributed by atoms with Crippen LogP contribution in [-0.2, 0) is 11.3 Å². The van der Waals surface area contributed by atoms with Gasteiger partial charge in [0, 0.05) is 31.9 Å². The molecule has 0 unspecified atom stereocenters. The van der Waals surface area contributed by atoms with E-state index in [0.717, 1.165) is 18.8 Å². The highest BCUT2D eigenvalue weighted by atomic mass is 16.4. The van der Waals surface area contributed by atoms with Crippen LogP contribution in [0.5, 0.6) is 0 Å². The molecule has 106 valence electrons. The van der Waals surface area contributed by atoms with Crippen molar-refractivity contribution in [2.24, 2.45) is 0 Å². The molecule has 1 aromatic rings. The Hall–Kier alpha value is -1.40. The Morgan fingerprint density at radius 3 is 2.79 bits per heavy atom. The highest BCUT2D eigenvalue weighted by Gasteiger charge is 2.25. The average Bonchev–Trinajstić information content (AvgIpc) is 3.06. The Labute approximate surface area is 113 Å². The largest absolute Gasteiger partial charge is 0.480 e. The quantitative estimate of drug-likeness (QED) is 0.749. The number of carboxylic acid groups (broad SMARTS) is 1. The first-order valence-corrected chi connectivity index (χ1v) is 6.66. The van der Waals surface area contributed by atoms with E-state index in [-0.39, 0.29) is 6.54 Å². The molecule has 2 rings (SSSR count). The normalized spacial score (nSPS) is 15.4. The lowest BCUT2D eigenvalue weighted by molar-refractivity contribution is -0.138. The molecule has 0 saturated heterocycles. The number of hydrogen-bond acceptors (Lipinski definition) is 4. The molecule has 0 radical (unpaired) electrons. The summed E-state index contributed by atoms with van der Waals surface area (Å²) in [5, 5.41) is 8.99. The van der Waals surface area contributed by atoms with E-state index in [1.54, 1.807) is 0 Å². The van der Waals surface area contributed by atoms with Gasteiger partial charge in [0.2, 0.25) is 0 Å². The van der Waals surface area contributed by atoms with Crippen LogP contribution in [-0.4, -0.2) is 64.2 Å². The van der Waals surface area contributed by atoms with Crippen molar-refractivity contribution in [3.63, 3.8) is 0 Å². The molecule has 0 aromatic carbocycles. The van der Waals surface area contributed by atoms with E-state index < -0.39 is 5.97 Å². The molecule has 6 nitrogen and oxygen atoms in total. The van der Waals surface area contributed by atoms with Crippen LogP contribution in [0.15, 0.2) is 12.5 Å². The molecule has 0 amide bonds. The molecule has 1 N–H and O–H groups in total. The second-order valence-corrected chi connectivity index (χ2v) is 5.43. The first-order chi connectivity index (χ1) is 9.06. The van der Waals surface area contributed by atoms with Crippen LogP contribution in [0, 0.1) is 0 Å². The summed E-state index contributed by atoms with van der Waals surface area (Å²) in [6.07, 6.45) is 6.13. The number of carbonyl (C=O) groups is 1. The molecule has 1 aliphatic rings. The molecule has 1 aliphatic carbocycles. The average molecular weight is 266 g/mol. The van der Waals surface area contributed by atoms with E-state index in [2.05, 4.69) is 14.5 Å². The van der Waals surface area contributed by atoms with Gasteiger partial charge in [-0.15, -0.1) is 0 Å². The number of hydrogen-bond donors (Lipinski definition) is 1. The topological polar surface area (TPSA) is 61.6 Å². The predicted octanol–water partition coefficient (Wildman–Crippen LogP) is 0.666.